The number of halogens is 3. The maximum atomic E-state index is 6.46. The zero-order valence-electron chi connectivity index (χ0n) is 14.9. The zero-order chi connectivity index (χ0) is 18.7. The Labute approximate surface area is 172 Å². The monoisotopic (exact) mass is 420 g/mol. The van der Waals surface area contributed by atoms with Gasteiger partial charge in [-0.3, -0.25) is 0 Å². The molecule has 2 aliphatic rings. The normalized spacial score (nSPS) is 17.2. The van der Waals surface area contributed by atoms with Crippen LogP contribution >= 0.6 is 34.8 Å². The van der Waals surface area contributed by atoms with Crippen LogP contribution in [0.1, 0.15) is 44.5 Å². The van der Waals surface area contributed by atoms with Gasteiger partial charge < -0.3 is 4.57 Å². The predicted octanol–water partition coefficient (Wildman–Crippen LogP) is 6.38. The molecule has 140 valence electrons. The minimum atomic E-state index is 0.429. The third kappa shape index (κ3) is 3.02. The number of fused-ring (bicyclic) bond motifs is 1. The molecule has 3 aromatic rings. The van der Waals surface area contributed by atoms with Gasteiger partial charge in [0.2, 0.25) is 0 Å². The summed E-state index contributed by atoms with van der Waals surface area (Å²) in [5, 5.41) is 1.39. The minimum absolute atomic E-state index is 0.429. The molecule has 0 atom stereocenters. The lowest BCUT2D eigenvalue weighted by atomic mass is 10.1. The van der Waals surface area contributed by atoms with E-state index in [0.717, 1.165) is 40.8 Å². The van der Waals surface area contributed by atoms with E-state index in [2.05, 4.69) is 21.5 Å². The second-order valence-corrected chi connectivity index (χ2v) is 8.78. The van der Waals surface area contributed by atoms with E-state index in [1.165, 1.54) is 25.7 Å². The highest BCUT2D eigenvalue weighted by Gasteiger charge is 2.44. The van der Waals surface area contributed by atoms with Crippen molar-refractivity contribution in [3.05, 3.63) is 39.4 Å². The number of aromatic nitrogens is 4. The molecule has 0 N–H and O–H groups in total. The van der Waals surface area contributed by atoms with Crippen molar-refractivity contribution in [2.75, 3.05) is 0 Å². The fourth-order valence-corrected chi connectivity index (χ4v) is 4.74. The second kappa shape index (κ2) is 6.61. The van der Waals surface area contributed by atoms with E-state index in [1.54, 1.807) is 18.5 Å². The van der Waals surface area contributed by atoms with Crippen molar-refractivity contribution >= 4 is 46.0 Å². The molecule has 7 heteroatoms. The fourth-order valence-electron chi connectivity index (χ4n) is 4.10. The first kappa shape index (κ1) is 17.7. The van der Waals surface area contributed by atoms with Crippen LogP contribution in [0.2, 0.25) is 15.1 Å². The van der Waals surface area contributed by atoms with Crippen molar-refractivity contribution in [2.45, 2.75) is 45.1 Å². The Bertz CT molecular complexity index is 1030. The molecule has 0 aliphatic heterocycles. The van der Waals surface area contributed by atoms with Gasteiger partial charge >= 0.3 is 0 Å². The van der Waals surface area contributed by atoms with Gasteiger partial charge in [-0.1, -0.05) is 41.7 Å². The molecule has 0 unspecified atom stereocenters. The predicted molar refractivity (Wildman–Crippen MR) is 110 cm³/mol. The van der Waals surface area contributed by atoms with Gasteiger partial charge in [-0.05, 0) is 49.7 Å². The van der Waals surface area contributed by atoms with Gasteiger partial charge in [0.05, 0.1) is 15.1 Å². The molecule has 0 amide bonds. The average molecular weight is 422 g/mol. The Kier molecular flexibility index (Phi) is 4.34. The maximum absolute atomic E-state index is 6.46. The summed E-state index contributed by atoms with van der Waals surface area (Å²) in [6.07, 6.45) is 7.69. The SMILES string of the molecule is CCc1nc2c(-c3cc(Cl)c(Cl)cc3Cl)ncnc2n1C(C1CC1)C1CC1. The number of hydrogen-bond donors (Lipinski definition) is 0. The molecule has 0 bridgehead atoms. The number of aryl methyl sites for hydroxylation is 1. The molecule has 2 fully saturated rings. The Morgan fingerprint density at radius 1 is 1.00 bits per heavy atom. The lowest BCUT2D eigenvalue weighted by Crippen LogP contribution is -2.16. The lowest BCUT2D eigenvalue weighted by molar-refractivity contribution is 0.391. The van der Waals surface area contributed by atoms with Crippen LogP contribution in [0.3, 0.4) is 0 Å². The Hall–Kier alpha value is -1.36. The van der Waals surface area contributed by atoms with Gasteiger partial charge in [0, 0.05) is 18.0 Å². The lowest BCUT2D eigenvalue weighted by Gasteiger charge is -2.20. The summed E-state index contributed by atoms with van der Waals surface area (Å²) in [5.41, 5.74) is 3.14. The standard InChI is InChI=1S/C20H19Cl3N4/c1-2-16-26-18-17(12-7-14(22)15(23)8-13(12)21)24-9-25-20(18)27(16)19(10-3-4-10)11-5-6-11/h7-11,19H,2-6H2,1H3. The molecule has 0 saturated heterocycles. The second-order valence-electron chi connectivity index (χ2n) is 7.56. The first-order valence-corrected chi connectivity index (χ1v) is 10.6. The third-order valence-electron chi connectivity index (χ3n) is 5.64. The first-order chi connectivity index (χ1) is 13.1. The summed E-state index contributed by atoms with van der Waals surface area (Å²) in [7, 11) is 0. The van der Waals surface area contributed by atoms with Crippen LogP contribution in [-0.2, 0) is 6.42 Å². The van der Waals surface area contributed by atoms with E-state index in [0.29, 0.717) is 26.8 Å². The number of hydrogen-bond acceptors (Lipinski definition) is 3. The van der Waals surface area contributed by atoms with Gasteiger partial charge in [0.15, 0.2) is 5.65 Å². The van der Waals surface area contributed by atoms with Crippen LogP contribution in [-0.4, -0.2) is 19.5 Å². The quantitative estimate of drug-likeness (QED) is 0.449. The van der Waals surface area contributed by atoms with E-state index < -0.39 is 0 Å². The van der Waals surface area contributed by atoms with E-state index in [1.807, 2.05) is 0 Å². The summed E-state index contributed by atoms with van der Waals surface area (Å²) in [6.45, 7) is 2.15. The molecule has 5 rings (SSSR count). The summed E-state index contributed by atoms with van der Waals surface area (Å²) in [4.78, 5) is 14.1. The summed E-state index contributed by atoms with van der Waals surface area (Å²) in [5.74, 6) is 2.59. The van der Waals surface area contributed by atoms with Gasteiger partial charge in [-0.15, -0.1) is 0 Å². The molecule has 27 heavy (non-hydrogen) atoms. The highest BCUT2D eigenvalue weighted by atomic mass is 35.5. The summed E-state index contributed by atoms with van der Waals surface area (Å²) < 4.78 is 2.39. The fraction of sp³-hybridized carbons (Fsp3) is 0.450. The average Bonchev–Trinajstić information content (AvgIpc) is 3.57. The van der Waals surface area contributed by atoms with Crippen LogP contribution in [0.5, 0.6) is 0 Å². The summed E-state index contributed by atoms with van der Waals surface area (Å²) >= 11 is 18.8. The number of benzene rings is 1. The van der Waals surface area contributed by atoms with Crippen molar-refractivity contribution < 1.29 is 0 Å². The smallest absolute Gasteiger partial charge is 0.164 e. The van der Waals surface area contributed by atoms with Crippen LogP contribution in [0.25, 0.3) is 22.4 Å². The van der Waals surface area contributed by atoms with Crippen molar-refractivity contribution in [2.24, 2.45) is 11.8 Å². The van der Waals surface area contributed by atoms with Gasteiger partial charge in [0.1, 0.15) is 23.4 Å². The zero-order valence-corrected chi connectivity index (χ0v) is 17.2. The Balaban J connectivity index is 1.73. The number of imidazole rings is 1. The molecule has 4 nitrogen and oxygen atoms in total. The molecule has 0 spiro atoms. The van der Waals surface area contributed by atoms with Crippen molar-refractivity contribution in [3.8, 4) is 11.3 Å². The van der Waals surface area contributed by atoms with Crippen LogP contribution < -0.4 is 0 Å². The molecule has 1 aromatic carbocycles. The summed E-state index contributed by atoms with van der Waals surface area (Å²) in [6, 6.07) is 3.93. The molecule has 2 saturated carbocycles. The van der Waals surface area contributed by atoms with Gasteiger partial charge in [0.25, 0.3) is 0 Å². The number of nitrogens with zero attached hydrogens (tertiary/aromatic N) is 4. The highest BCUT2D eigenvalue weighted by molar-refractivity contribution is 6.44. The first-order valence-electron chi connectivity index (χ1n) is 9.45. The molecular formula is C20H19Cl3N4. The van der Waals surface area contributed by atoms with Crippen LogP contribution in [0, 0.1) is 11.8 Å². The largest absolute Gasteiger partial charge is 0.309 e. The molecule has 2 aromatic heterocycles. The van der Waals surface area contributed by atoms with Gasteiger partial charge in [-0.25, -0.2) is 15.0 Å². The van der Waals surface area contributed by atoms with E-state index in [-0.39, 0.29) is 0 Å². The topological polar surface area (TPSA) is 43.6 Å². The van der Waals surface area contributed by atoms with E-state index in [9.17, 15) is 0 Å². The van der Waals surface area contributed by atoms with Crippen molar-refractivity contribution in [1.29, 1.82) is 0 Å². The van der Waals surface area contributed by atoms with Crippen LogP contribution in [0.15, 0.2) is 18.5 Å². The molecule has 0 radical (unpaired) electrons. The Morgan fingerprint density at radius 3 is 2.30 bits per heavy atom. The highest BCUT2D eigenvalue weighted by Crippen LogP contribution is 2.53. The third-order valence-corrected chi connectivity index (χ3v) is 6.67. The minimum Gasteiger partial charge on any atom is -0.309 e. The van der Waals surface area contributed by atoms with Gasteiger partial charge in [-0.2, -0.15) is 0 Å². The maximum Gasteiger partial charge on any atom is 0.164 e. The Morgan fingerprint density at radius 2 is 1.67 bits per heavy atom. The van der Waals surface area contributed by atoms with E-state index >= 15 is 0 Å². The molecule has 2 heterocycles. The van der Waals surface area contributed by atoms with E-state index in [4.69, 9.17) is 39.8 Å². The molecular weight excluding hydrogens is 403 g/mol. The van der Waals surface area contributed by atoms with Crippen molar-refractivity contribution in [3.63, 3.8) is 0 Å². The number of rotatable bonds is 5. The molecule has 2 aliphatic carbocycles. The van der Waals surface area contributed by atoms with Crippen molar-refractivity contribution in [1.82, 2.24) is 19.5 Å². The van der Waals surface area contributed by atoms with Crippen LogP contribution in [0.4, 0.5) is 0 Å².